The Morgan fingerprint density at radius 1 is 1.12 bits per heavy atom. The van der Waals surface area contributed by atoms with Crippen molar-refractivity contribution in [2.75, 3.05) is 18.0 Å². The minimum atomic E-state index is -1.00. The molecule has 0 bridgehead atoms. The maximum atomic E-state index is 12.8. The predicted molar refractivity (Wildman–Crippen MR) is 131 cm³/mol. The second kappa shape index (κ2) is 8.57. The molecule has 2 aromatic rings. The minimum absolute atomic E-state index is 0.0847. The van der Waals surface area contributed by atoms with Crippen LogP contribution in [0.5, 0.6) is 5.75 Å². The second-order valence-corrected chi connectivity index (χ2v) is 10.8. The van der Waals surface area contributed by atoms with Gasteiger partial charge in [-0.1, -0.05) is 34.8 Å². The van der Waals surface area contributed by atoms with Crippen molar-refractivity contribution in [2.24, 2.45) is 0 Å². The smallest absolute Gasteiger partial charge is 0.329 e. The van der Waals surface area contributed by atoms with Crippen LogP contribution < -0.4 is 15.0 Å². The number of nitrogens with zero attached hydrogens (tertiary/aromatic N) is 2. The van der Waals surface area contributed by atoms with Gasteiger partial charge in [0.2, 0.25) is 0 Å². The van der Waals surface area contributed by atoms with E-state index in [1.165, 1.54) is 0 Å². The van der Waals surface area contributed by atoms with Crippen molar-refractivity contribution in [1.82, 2.24) is 10.2 Å². The highest BCUT2D eigenvalue weighted by Gasteiger charge is 2.46. The van der Waals surface area contributed by atoms with Gasteiger partial charge in [0, 0.05) is 34.8 Å². The first kappa shape index (κ1) is 23.7. The molecule has 5 rings (SSSR count). The van der Waals surface area contributed by atoms with Crippen LogP contribution in [0.1, 0.15) is 37.5 Å². The molecular formula is C24H24Cl3N3O4. The first-order chi connectivity index (χ1) is 16.0. The molecule has 180 valence electrons. The molecule has 1 aliphatic carbocycles. The summed E-state index contributed by atoms with van der Waals surface area (Å²) in [5.41, 5.74) is 1.17. The van der Waals surface area contributed by atoms with Crippen molar-refractivity contribution >= 4 is 52.4 Å². The van der Waals surface area contributed by atoms with E-state index in [1.807, 2.05) is 6.07 Å². The average molecular weight is 525 g/mol. The number of aliphatic hydroxyl groups excluding tert-OH is 1. The number of hydrogen-bond acceptors (Lipinski definition) is 5. The molecule has 2 saturated heterocycles. The van der Waals surface area contributed by atoms with E-state index >= 15 is 0 Å². The van der Waals surface area contributed by atoms with Gasteiger partial charge < -0.3 is 15.2 Å². The fourth-order valence-corrected chi connectivity index (χ4v) is 5.74. The van der Waals surface area contributed by atoms with E-state index in [-0.39, 0.29) is 11.9 Å². The zero-order valence-electron chi connectivity index (χ0n) is 18.6. The van der Waals surface area contributed by atoms with Crippen LogP contribution in [0.15, 0.2) is 30.3 Å². The summed E-state index contributed by atoms with van der Waals surface area (Å²) in [7, 11) is 0. The number of aliphatic hydroxyl groups is 1. The van der Waals surface area contributed by atoms with Crippen LogP contribution in [0.4, 0.5) is 10.5 Å². The second-order valence-electron chi connectivity index (χ2n) is 9.51. The van der Waals surface area contributed by atoms with Crippen LogP contribution in [0.25, 0.3) is 0 Å². The number of halogens is 3. The first-order valence-corrected chi connectivity index (χ1v) is 12.2. The largest absolute Gasteiger partial charge is 0.482 e. The van der Waals surface area contributed by atoms with Gasteiger partial charge in [0.05, 0.1) is 22.9 Å². The number of ether oxygens (including phenoxy) is 1. The number of carbonyl (C=O) groups excluding carboxylic acids is 2. The quantitative estimate of drug-likeness (QED) is 0.572. The minimum Gasteiger partial charge on any atom is -0.482 e. The lowest BCUT2D eigenvalue weighted by Crippen LogP contribution is -2.40. The summed E-state index contributed by atoms with van der Waals surface area (Å²) in [5, 5.41) is 14.2. The lowest BCUT2D eigenvalue weighted by molar-refractivity contribution is -0.121. The molecule has 2 N–H and O–H groups in total. The van der Waals surface area contributed by atoms with Gasteiger partial charge in [-0.15, -0.1) is 0 Å². The van der Waals surface area contributed by atoms with E-state index in [9.17, 15) is 14.7 Å². The van der Waals surface area contributed by atoms with Gasteiger partial charge in [-0.3, -0.25) is 9.69 Å². The number of nitrogens with one attached hydrogen (secondary N) is 1. The van der Waals surface area contributed by atoms with E-state index in [0.717, 1.165) is 22.6 Å². The zero-order chi connectivity index (χ0) is 24.4. The molecule has 10 heteroatoms. The van der Waals surface area contributed by atoms with Crippen LogP contribution in [-0.2, 0) is 11.2 Å². The number of benzene rings is 2. The predicted octanol–water partition coefficient (Wildman–Crippen LogP) is 4.59. The van der Waals surface area contributed by atoms with Gasteiger partial charge >= 0.3 is 6.03 Å². The molecule has 3 aliphatic rings. The van der Waals surface area contributed by atoms with E-state index in [1.54, 1.807) is 38.1 Å². The number of rotatable bonds is 4. The van der Waals surface area contributed by atoms with Crippen LogP contribution >= 0.6 is 34.8 Å². The number of β-amino-alcohol motifs (C(OH)–C–C–N with tert-alkyl or cyclic N) is 1. The molecule has 2 fully saturated rings. The van der Waals surface area contributed by atoms with E-state index < -0.39 is 23.8 Å². The Balaban J connectivity index is 1.52. The summed E-state index contributed by atoms with van der Waals surface area (Å²) >= 11 is 19.3. The van der Waals surface area contributed by atoms with Crippen molar-refractivity contribution in [3.8, 4) is 5.75 Å². The molecule has 2 heterocycles. The lowest BCUT2D eigenvalue weighted by Gasteiger charge is -2.30. The fraction of sp³-hybridized carbons (Fsp3) is 0.417. The highest BCUT2D eigenvalue weighted by Crippen LogP contribution is 2.45. The molecule has 34 heavy (non-hydrogen) atoms. The third-order valence-electron chi connectivity index (χ3n) is 6.72. The lowest BCUT2D eigenvalue weighted by atomic mass is 10.1. The van der Waals surface area contributed by atoms with Crippen molar-refractivity contribution < 1.29 is 19.4 Å². The van der Waals surface area contributed by atoms with Gasteiger partial charge in [-0.2, -0.15) is 0 Å². The SMILES string of the molecule is CC1(C)NC(=O)N(c2ccc(Cl)c(O[C@H]3c4cc(Cl)cc(Cl)c4C[C@@H]3N3CCC(O)C3)c2)C1=O. The fourth-order valence-electron chi connectivity index (χ4n) is 4.99. The standard InChI is InChI=1S/C24H24Cl3N3O4/c1-24(2)22(32)30(23(33)28-24)13-3-4-17(26)20(9-13)34-21-16-7-12(25)8-18(27)15(16)10-19(21)29-6-5-14(31)11-29/h3-4,7-9,14,19,21,31H,5-6,10-11H2,1-2H3,(H,28,33)/t14?,19-,21-/m0/s1. The Bertz CT molecular complexity index is 1190. The average Bonchev–Trinajstić information content (AvgIpc) is 3.39. The number of hydrogen-bond donors (Lipinski definition) is 2. The van der Waals surface area contributed by atoms with Gasteiger partial charge in [0.15, 0.2) is 0 Å². The molecule has 3 atom stereocenters. The number of imide groups is 1. The summed E-state index contributed by atoms with van der Waals surface area (Å²) in [5.74, 6) is -0.0253. The van der Waals surface area contributed by atoms with Crippen molar-refractivity contribution in [1.29, 1.82) is 0 Å². The van der Waals surface area contributed by atoms with E-state index in [0.29, 0.717) is 45.9 Å². The maximum Gasteiger partial charge on any atom is 0.329 e. The summed E-state index contributed by atoms with van der Waals surface area (Å²) < 4.78 is 6.48. The molecule has 0 aromatic heterocycles. The highest BCUT2D eigenvalue weighted by molar-refractivity contribution is 6.35. The number of urea groups is 1. The summed E-state index contributed by atoms with van der Waals surface area (Å²) in [4.78, 5) is 28.6. The topological polar surface area (TPSA) is 82.1 Å². The van der Waals surface area contributed by atoms with Gasteiger partial charge in [-0.05, 0) is 56.5 Å². The van der Waals surface area contributed by atoms with E-state index in [4.69, 9.17) is 39.5 Å². The van der Waals surface area contributed by atoms with Crippen molar-refractivity contribution in [3.05, 3.63) is 56.5 Å². The summed E-state index contributed by atoms with van der Waals surface area (Å²) in [6, 6.07) is 7.79. The number of carbonyl (C=O) groups is 2. The molecular weight excluding hydrogens is 501 g/mol. The molecule has 2 aromatic carbocycles. The Morgan fingerprint density at radius 2 is 1.88 bits per heavy atom. The van der Waals surface area contributed by atoms with Gasteiger partial charge in [-0.25, -0.2) is 9.69 Å². The van der Waals surface area contributed by atoms with Crippen LogP contribution in [0.2, 0.25) is 15.1 Å². The monoisotopic (exact) mass is 523 g/mol. The Morgan fingerprint density at radius 3 is 2.53 bits per heavy atom. The normalized spacial score (nSPS) is 26.2. The first-order valence-electron chi connectivity index (χ1n) is 11.1. The zero-order valence-corrected chi connectivity index (χ0v) is 20.9. The van der Waals surface area contributed by atoms with Gasteiger partial charge in [0.1, 0.15) is 17.4 Å². The Kier molecular flexibility index (Phi) is 5.97. The van der Waals surface area contributed by atoms with Crippen LogP contribution in [-0.4, -0.2) is 52.7 Å². The van der Waals surface area contributed by atoms with Gasteiger partial charge in [0.25, 0.3) is 5.91 Å². The molecule has 1 unspecified atom stereocenters. The van der Waals surface area contributed by atoms with Crippen molar-refractivity contribution in [3.63, 3.8) is 0 Å². The Labute approximate surface area is 212 Å². The summed E-state index contributed by atoms with van der Waals surface area (Å²) in [6.07, 6.45) is 0.482. The highest BCUT2D eigenvalue weighted by atomic mass is 35.5. The van der Waals surface area contributed by atoms with Crippen molar-refractivity contribution in [2.45, 2.75) is 50.5 Å². The molecule has 3 amide bonds. The number of likely N-dealkylation sites (tertiary alicyclic amines) is 1. The third-order valence-corrected chi connectivity index (χ3v) is 7.58. The number of anilines is 1. The molecule has 0 radical (unpaired) electrons. The molecule has 0 spiro atoms. The summed E-state index contributed by atoms with van der Waals surface area (Å²) in [6.45, 7) is 4.57. The van der Waals surface area contributed by atoms with Crippen LogP contribution in [0.3, 0.4) is 0 Å². The molecule has 0 saturated carbocycles. The molecule has 7 nitrogen and oxygen atoms in total. The Hall–Kier alpha value is -2.03. The maximum absolute atomic E-state index is 12.8. The number of amides is 3. The van der Waals surface area contributed by atoms with Crippen LogP contribution in [0, 0.1) is 0 Å². The third kappa shape index (κ3) is 4.03. The number of fused-ring (bicyclic) bond motifs is 1. The molecule has 2 aliphatic heterocycles. The van der Waals surface area contributed by atoms with E-state index in [2.05, 4.69) is 10.2 Å².